The summed E-state index contributed by atoms with van der Waals surface area (Å²) in [5.74, 6) is 1.43. The van der Waals surface area contributed by atoms with Gasteiger partial charge in [-0.3, -0.25) is 4.90 Å². The van der Waals surface area contributed by atoms with Crippen LogP contribution in [0.25, 0.3) is 11.1 Å². The Morgan fingerprint density at radius 3 is 2.08 bits per heavy atom. The Bertz CT molecular complexity index is 674. The maximum Gasteiger partial charge on any atom is 0.127 e. The molecule has 0 aliphatic heterocycles. The zero-order valence-corrected chi connectivity index (χ0v) is 16.7. The van der Waals surface area contributed by atoms with Gasteiger partial charge < -0.3 is 5.11 Å². The molecule has 2 aromatic rings. The lowest BCUT2D eigenvalue weighted by molar-refractivity contribution is 0.294. The molecule has 2 nitrogen and oxygen atoms in total. The first-order chi connectivity index (χ1) is 11.9. The second-order valence-corrected chi connectivity index (χ2v) is 8.06. The normalized spacial score (nSPS) is 11.9. The van der Waals surface area contributed by atoms with E-state index in [0.717, 1.165) is 29.8 Å². The van der Waals surface area contributed by atoms with E-state index < -0.39 is 0 Å². The summed E-state index contributed by atoms with van der Waals surface area (Å²) < 4.78 is 0. The third-order valence-corrected chi connectivity index (χ3v) is 4.67. The van der Waals surface area contributed by atoms with Gasteiger partial charge in [0.25, 0.3) is 0 Å². The van der Waals surface area contributed by atoms with Crippen molar-refractivity contribution in [3.8, 4) is 16.9 Å². The minimum atomic E-state index is -0.00419. The van der Waals surface area contributed by atoms with Crippen molar-refractivity contribution in [2.45, 2.75) is 32.7 Å². The molecule has 0 atom stereocenters. The van der Waals surface area contributed by atoms with Gasteiger partial charge in [-0.15, -0.1) is 23.2 Å². The number of rotatable bonds is 7. The van der Waals surface area contributed by atoms with Crippen LogP contribution in [0.3, 0.4) is 0 Å². The van der Waals surface area contributed by atoms with Crippen LogP contribution < -0.4 is 0 Å². The molecule has 0 aromatic heterocycles. The average molecular weight is 380 g/mol. The first-order valence-corrected chi connectivity index (χ1v) is 9.69. The Hall–Kier alpha value is -1.22. The van der Waals surface area contributed by atoms with Crippen molar-refractivity contribution in [3.05, 3.63) is 53.6 Å². The summed E-state index contributed by atoms with van der Waals surface area (Å²) in [6.07, 6.45) is 0. The van der Waals surface area contributed by atoms with Gasteiger partial charge in [-0.2, -0.15) is 0 Å². The fourth-order valence-corrected chi connectivity index (χ4v) is 3.31. The molecule has 25 heavy (non-hydrogen) atoms. The summed E-state index contributed by atoms with van der Waals surface area (Å²) in [5, 5.41) is 10.9. The van der Waals surface area contributed by atoms with Gasteiger partial charge in [0.15, 0.2) is 0 Å². The zero-order chi connectivity index (χ0) is 18.4. The number of halogens is 2. The Balaban J connectivity index is 2.51. The lowest BCUT2D eigenvalue weighted by atomic mass is 9.83. The molecule has 0 amide bonds. The van der Waals surface area contributed by atoms with Gasteiger partial charge in [0.05, 0.1) is 0 Å². The fourth-order valence-electron chi connectivity index (χ4n) is 2.84. The minimum Gasteiger partial charge on any atom is -0.507 e. The molecule has 0 spiro atoms. The molecule has 0 saturated heterocycles. The van der Waals surface area contributed by atoms with Crippen LogP contribution in [0.5, 0.6) is 5.75 Å². The Morgan fingerprint density at radius 2 is 1.56 bits per heavy atom. The molecule has 2 rings (SSSR count). The van der Waals surface area contributed by atoms with Crippen molar-refractivity contribution in [1.29, 1.82) is 0 Å². The molecule has 4 heteroatoms. The first-order valence-electron chi connectivity index (χ1n) is 8.63. The molecule has 0 radical (unpaired) electrons. The number of aromatic hydroxyl groups is 1. The molecule has 0 bridgehead atoms. The van der Waals surface area contributed by atoms with Gasteiger partial charge in [-0.1, -0.05) is 57.2 Å². The smallest absolute Gasteiger partial charge is 0.127 e. The summed E-state index contributed by atoms with van der Waals surface area (Å²) in [4.78, 5) is 2.18. The van der Waals surface area contributed by atoms with Crippen LogP contribution in [0.15, 0.2) is 42.5 Å². The molecular weight excluding hydrogens is 353 g/mol. The highest BCUT2D eigenvalue weighted by molar-refractivity contribution is 6.18. The van der Waals surface area contributed by atoms with Gasteiger partial charge in [0, 0.05) is 42.5 Å². The topological polar surface area (TPSA) is 23.5 Å². The number of benzene rings is 2. The number of phenols is 1. The summed E-state index contributed by atoms with van der Waals surface area (Å²) in [6.45, 7) is 8.69. The van der Waals surface area contributed by atoms with Crippen LogP contribution in [0, 0.1) is 0 Å². The molecule has 0 aliphatic rings. The van der Waals surface area contributed by atoms with E-state index in [0.29, 0.717) is 24.1 Å². The maximum absolute atomic E-state index is 10.9. The van der Waals surface area contributed by atoms with Crippen LogP contribution in [-0.4, -0.2) is 34.9 Å². The number of phenolic OH excluding ortho intramolecular Hbond substituents is 1. The summed E-state index contributed by atoms with van der Waals surface area (Å²) in [6, 6.07) is 14.2. The van der Waals surface area contributed by atoms with E-state index in [1.165, 1.54) is 5.56 Å². The highest BCUT2D eigenvalue weighted by Crippen LogP contribution is 2.37. The second kappa shape index (κ2) is 8.93. The highest BCUT2D eigenvalue weighted by Gasteiger charge is 2.20. The van der Waals surface area contributed by atoms with Crippen molar-refractivity contribution in [1.82, 2.24) is 4.90 Å². The standard InChI is InChI=1S/C21H27Cl2NO/c1-21(2,3)18-13-17(15-24(11-9-22)12-10-23)20(25)19(14-18)16-7-5-4-6-8-16/h4-8,13-14,25H,9-12,15H2,1-3H3. The Morgan fingerprint density at radius 1 is 0.960 bits per heavy atom. The number of hydrogen-bond acceptors (Lipinski definition) is 2. The quantitative estimate of drug-likeness (QED) is 0.629. The van der Waals surface area contributed by atoms with Crippen LogP contribution in [-0.2, 0) is 12.0 Å². The molecule has 0 saturated carbocycles. The zero-order valence-electron chi connectivity index (χ0n) is 15.2. The average Bonchev–Trinajstić information content (AvgIpc) is 2.57. The largest absolute Gasteiger partial charge is 0.507 e. The summed E-state index contributed by atoms with van der Waals surface area (Å²) in [5.41, 5.74) is 4.01. The predicted octanol–water partition coefficient (Wildman–Crippen LogP) is 5.64. The lowest BCUT2D eigenvalue weighted by Gasteiger charge is -2.25. The summed E-state index contributed by atoms with van der Waals surface area (Å²) in [7, 11) is 0. The van der Waals surface area contributed by atoms with E-state index in [2.05, 4.69) is 37.8 Å². The van der Waals surface area contributed by atoms with Crippen LogP contribution in [0.4, 0.5) is 0 Å². The van der Waals surface area contributed by atoms with E-state index in [1.807, 2.05) is 30.3 Å². The fraction of sp³-hybridized carbons (Fsp3) is 0.429. The molecule has 0 unspecified atom stereocenters. The Labute approximate surface area is 161 Å². The van der Waals surface area contributed by atoms with Gasteiger partial charge >= 0.3 is 0 Å². The molecule has 1 N–H and O–H groups in total. The van der Waals surface area contributed by atoms with Crippen molar-refractivity contribution in [2.24, 2.45) is 0 Å². The SMILES string of the molecule is CC(C)(C)c1cc(CN(CCCl)CCCl)c(O)c(-c2ccccc2)c1. The minimum absolute atomic E-state index is 0.00419. The monoisotopic (exact) mass is 379 g/mol. The Kier molecular flexibility index (Phi) is 7.18. The van der Waals surface area contributed by atoms with Crippen LogP contribution >= 0.6 is 23.2 Å². The predicted molar refractivity (Wildman–Crippen MR) is 109 cm³/mol. The molecule has 0 aliphatic carbocycles. The van der Waals surface area contributed by atoms with Crippen LogP contribution in [0.2, 0.25) is 0 Å². The molecule has 136 valence electrons. The number of hydrogen-bond donors (Lipinski definition) is 1. The van der Waals surface area contributed by atoms with Gasteiger partial charge in [0.2, 0.25) is 0 Å². The van der Waals surface area contributed by atoms with E-state index in [9.17, 15) is 5.11 Å². The van der Waals surface area contributed by atoms with Gasteiger partial charge in [-0.05, 0) is 22.6 Å². The molecular formula is C21H27Cl2NO. The van der Waals surface area contributed by atoms with Gasteiger partial charge in [-0.25, -0.2) is 0 Å². The maximum atomic E-state index is 10.9. The third kappa shape index (κ3) is 5.37. The van der Waals surface area contributed by atoms with E-state index in [4.69, 9.17) is 23.2 Å². The molecule has 0 fully saturated rings. The molecule has 0 heterocycles. The second-order valence-electron chi connectivity index (χ2n) is 7.30. The van der Waals surface area contributed by atoms with Gasteiger partial charge in [0.1, 0.15) is 5.75 Å². The van der Waals surface area contributed by atoms with Crippen molar-refractivity contribution in [2.75, 3.05) is 24.8 Å². The van der Waals surface area contributed by atoms with Crippen molar-refractivity contribution in [3.63, 3.8) is 0 Å². The molecule has 2 aromatic carbocycles. The number of nitrogens with zero attached hydrogens (tertiary/aromatic N) is 1. The lowest BCUT2D eigenvalue weighted by Crippen LogP contribution is -2.27. The van der Waals surface area contributed by atoms with Crippen molar-refractivity contribution < 1.29 is 5.11 Å². The van der Waals surface area contributed by atoms with E-state index >= 15 is 0 Å². The summed E-state index contributed by atoms with van der Waals surface area (Å²) >= 11 is 11.8. The first kappa shape index (κ1) is 20.1. The highest BCUT2D eigenvalue weighted by atomic mass is 35.5. The van der Waals surface area contributed by atoms with E-state index in [-0.39, 0.29) is 5.41 Å². The van der Waals surface area contributed by atoms with E-state index in [1.54, 1.807) is 0 Å². The third-order valence-electron chi connectivity index (χ3n) is 4.34. The van der Waals surface area contributed by atoms with Crippen molar-refractivity contribution >= 4 is 23.2 Å². The number of alkyl halides is 2. The van der Waals surface area contributed by atoms with Crippen LogP contribution in [0.1, 0.15) is 31.9 Å².